The van der Waals surface area contributed by atoms with Gasteiger partial charge in [-0.3, -0.25) is 9.80 Å². The largest absolute Gasteiger partial charge is 0.374 e. The second kappa shape index (κ2) is 6.74. The van der Waals surface area contributed by atoms with Crippen LogP contribution in [0, 0.1) is 6.92 Å². The molecule has 0 spiro atoms. The number of hydrogen-bond donors (Lipinski definition) is 1. The summed E-state index contributed by atoms with van der Waals surface area (Å²) in [6.45, 7) is 7.61. The van der Waals surface area contributed by atoms with Crippen LogP contribution >= 0.6 is 11.3 Å². The zero-order chi connectivity index (χ0) is 17.5. The zero-order valence-electron chi connectivity index (χ0n) is 14.9. The Hall–Kier alpha value is -1.80. The Morgan fingerprint density at radius 3 is 3.00 bits per heavy atom. The van der Waals surface area contributed by atoms with Gasteiger partial charge in [0.2, 0.25) is 0 Å². The van der Waals surface area contributed by atoms with E-state index in [1.165, 1.54) is 5.69 Å². The minimum absolute atomic E-state index is 0.285. The fourth-order valence-electron chi connectivity index (χ4n) is 4.14. The van der Waals surface area contributed by atoms with E-state index >= 15 is 0 Å². The van der Waals surface area contributed by atoms with Crippen molar-refractivity contribution in [2.24, 2.45) is 0 Å². The van der Waals surface area contributed by atoms with Gasteiger partial charge in [-0.25, -0.2) is 9.97 Å². The molecule has 0 saturated carbocycles. The number of nitrogens with zero attached hydrogens (tertiary/aromatic N) is 4. The summed E-state index contributed by atoms with van der Waals surface area (Å²) in [5.41, 5.74) is 3.33. The average Bonchev–Trinajstić information content (AvgIpc) is 3.33. The van der Waals surface area contributed by atoms with E-state index in [2.05, 4.69) is 44.2 Å². The Balaban J connectivity index is 1.28. The Kier molecular flexibility index (Phi) is 4.24. The number of rotatable bonds is 4. The van der Waals surface area contributed by atoms with E-state index < -0.39 is 0 Å². The first-order valence-corrected chi connectivity index (χ1v) is 10.1. The van der Waals surface area contributed by atoms with Crippen molar-refractivity contribution in [3.63, 3.8) is 0 Å². The number of benzene rings is 1. The lowest BCUT2D eigenvalue weighted by molar-refractivity contribution is -0.0508. The first-order valence-electron chi connectivity index (χ1n) is 9.17. The molecule has 5 rings (SSSR count). The van der Waals surface area contributed by atoms with Crippen molar-refractivity contribution < 1.29 is 4.74 Å². The molecule has 0 unspecified atom stereocenters. The molecule has 0 amide bonds. The highest BCUT2D eigenvalue weighted by atomic mass is 32.1. The number of nitrogens with one attached hydrogen (secondary N) is 1. The molecule has 1 aromatic carbocycles. The third-order valence-corrected chi connectivity index (χ3v) is 6.16. The standard InChI is InChI=1S/C19H23N5OS/c1-13-20-14(12-26-13)8-24-6-7-25-18-10-23(9-17(18)24)11-19-21-15-4-2-3-5-16(15)22-19/h2-5,12,17-18H,6-11H2,1H3,(H,21,22)/t17-,18-/m0/s1. The number of aromatic nitrogens is 3. The molecular formula is C19H23N5OS. The van der Waals surface area contributed by atoms with Gasteiger partial charge in [0.15, 0.2) is 0 Å². The van der Waals surface area contributed by atoms with Gasteiger partial charge < -0.3 is 9.72 Å². The smallest absolute Gasteiger partial charge is 0.121 e. The van der Waals surface area contributed by atoms with Crippen LogP contribution < -0.4 is 0 Å². The molecule has 0 radical (unpaired) electrons. The van der Waals surface area contributed by atoms with Crippen molar-refractivity contribution in [3.05, 3.63) is 46.2 Å². The maximum Gasteiger partial charge on any atom is 0.121 e. The highest BCUT2D eigenvalue weighted by Gasteiger charge is 2.40. The van der Waals surface area contributed by atoms with E-state index in [9.17, 15) is 0 Å². The van der Waals surface area contributed by atoms with E-state index in [1.807, 2.05) is 12.1 Å². The van der Waals surface area contributed by atoms with Gasteiger partial charge in [-0.15, -0.1) is 11.3 Å². The molecule has 2 fully saturated rings. The minimum atomic E-state index is 0.285. The minimum Gasteiger partial charge on any atom is -0.374 e. The summed E-state index contributed by atoms with van der Waals surface area (Å²) >= 11 is 1.73. The zero-order valence-corrected chi connectivity index (χ0v) is 15.7. The third kappa shape index (κ3) is 3.16. The Morgan fingerprint density at radius 2 is 2.15 bits per heavy atom. The van der Waals surface area contributed by atoms with Crippen LogP contribution in [0.3, 0.4) is 0 Å². The first kappa shape index (κ1) is 16.4. The number of likely N-dealkylation sites (tertiary alicyclic amines) is 1. The Labute approximate surface area is 156 Å². The summed E-state index contributed by atoms with van der Waals surface area (Å²) in [7, 11) is 0. The second-order valence-electron chi connectivity index (χ2n) is 7.20. The fraction of sp³-hybridized carbons (Fsp3) is 0.474. The van der Waals surface area contributed by atoms with E-state index in [0.29, 0.717) is 6.04 Å². The lowest BCUT2D eigenvalue weighted by Crippen LogP contribution is -2.50. The molecule has 4 heterocycles. The molecular weight excluding hydrogens is 346 g/mol. The van der Waals surface area contributed by atoms with Gasteiger partial charge in [-0.2, -0.15) is 0 Å². The molecule has 2 saturated heterocycles. The van der Waals surface area contributed by atoms with Gasteiger partial charge in [0.25, 0.3) is 0 Å². The van der Waals surface area contributed by atoms with Crippen LogP contribution in [0.4, 0.5) is 0 Å². The van der Waals surface area contributed by atoms with Crippen LogP contribution in [0.5, 0.6) is 0 Å². The van der Waals surface area contributed by atoms with Crippen molar-refractivity contribution >= 4 is 22.4 Å². The molecule has 0 aliphatic carbocycles. The van der Waals surface area contributed by atoms with Crippen LogP contribution in [-0.4, -0.2) is 63.1 Å². The monoisotopic (exact) mass is 369 g/mol. The molecule has 2 aromatic heterocycles. The van der Waals surface area contributed by atoms with Crippen molar-refractivity contribution in [1.29, 1.82) is 0 Å². The van der Waals surface area contributed by atoms with Gasteiger partial charge in [-0.05, 0) is 19.1 Å². The summed E-state index contributed by atoms with van der Waals surface area (Å²) in [6, 6.07) is 8.65. The van der Waals surface area contributed by atoms with Crippen LogP contribution in [0.25, 0.3) is 11.0 Å². The molecule has 136 valence electrons. The Morgan fingerprint density at radius 1 is 1.23 bits per heavy atom. The summed E-state index contributed by atoms with van der Waals surface area (Å²) < 4.78 is 6.07. The van der Waals surface area contributed by atoms with Gasteiger partial charge in [0.1, 0.15) is 5.82 Å². The molecule has 2 aliphatic heterocycles. The molecule has 0 bridgehead atoms. The van der Waals surface area contributed by atoms with Crippen molar-refractivity contribution in [3.8, 4) is 0 Å². The lowest BCUT2D eigenvalue weighted by Gasteiger charge is -2.36. The van der Waals surface area contributed by atoms with E-state index in [4.69, 9.17) is 9.72 Å². The predicted octanol–water partition coefficient (Wildman–Crippen LogP) is 2.41. The van der Waals surface area contributed by atoms with E-state index in [-0.39, 0.29) is 6.10 Å². The van der Waals surface area contributed by atoms with Crippen LogP contribution in [0.1, 0.15) is 16.5 Å². The Bertz CT molecular complexity index is 873. The van der Waals surface area contributed by atoms with E-state index in [1.54, 1.807) is 11.3 Å². The van der Waals surface area contributed by atoms with Gasteiger partial charge >= 0.3 is 0 Å². The number of fused-ring (bicyclic) bond motifs is 2. The summed E-state index contributed by atoms with van der Waals surface area (Å²) in [6.07, 6.45) is 0.285. The van der Waals surface area contributed by atoms with Crippen LogP contribution in [-0.2, 0) is 17.8 Å². The molecule has 2 atom stereocenters. The molecule has 3 aromatic rings. The van der Waals surface area contributed by atoms with E-state index in [0.717, 1.165) is 61.2 Å². The summed E-state index contributed by atoms with van der Waals surface area (Å²) in [4.78, 5) is 17.8. The second-order valence-corrected chi connectivity index (χ2v) is 8.26. The summed E-state index contributed by atoms with van der Waals surface area (Å²) in [5.74, 6) is 1.03. The number of ether oxygens (including phenoxy) is 1. The highest BCUT2D eigenvalue weighted by Crippen LogP contribution is 2.26. The number of para-hydroxylation sites is 2. The number of thiazole rings is 1. The number of H-pyrrole nitrogens is 1. The van der Waals surface area contributed by atoms with Gasteiger partial charge in [-0.1, -0.05) is 12.1 Å². The number of aryl methyl sites for hydroxylation is 1. The average molecular weight is 369 g/mol. The maximum atomic E-state index is 6.07. The highest BCUT2D eigenvalue weighted by molar-refractivity contribution is 7.09. The number of hydrogen-bond acceptors (Lipinski definition) is 6. The molecule has 26 heavy (non-hydrogen) atoms. The van der Waals surface area contributed by atoms with Crippen LogP contribution in [0.15, 0.2) is 29.6 Å². The fourth-order valence-corrected chi connectivity index (χ4v) is 4.74. The third-order valence-electron chi connectivity index (χ3n) is 5.34. The summed E-state index contributed by atoms with van der Waals surface area (Å²) in [5, 5.41) is 3.32. The normalized spacial score (nSPS) is 24.3. The van der Waals surface area contributed by atoms with Gasteiger partial charge in [0, 0.05) is 31.6 Å². The topological polar surface area (TPSA) is 57.3 Å². The van der Waals surface area contributed by atoms with Crippen molar-refractivity contribution in [1.82, 2.24) is 24.8 Å². The first-order chi connectivity index (χ1) is 12.7. The molecule has 7 heteroatoms. The lowest BCUT2D eigenvalue weighted by atomic mass is 10.1. The number of aromatic amines is 1. The molecule has 6 nitrogen and oxygen atoms in total. The number of morpholine rings is 1. The van der Waals surface area contributed by atoms with Crippen molar-refractivity contribution in [2.45, 2.75) is 32.2 Å². The molecule has 1 N–H and O–H groups in total. The maximum absolute atomic E-state index is 6.07. The molecule has 2 aliphatic rings. The number of imidazole rings is 1. The van der Waals surface area contributed by atoms with Crippen LogP contribution in [0.2, 0.25) is 0 Å². The predicted molar refractivity (Wildman–Crippen MR) is 102 cm³/mol. The quantitative estimate of drug-likeness (QED) is 0.765. The SMILES string of the molecule is Cc1nc(CN2CCO[C@H]3CN(Cc4nc5ccccc5[nH]4)C[C@@H]32)cs1. The van der Waals surface area contributed by atoms with Gasteiger partial charge in [0.05, 0.1) is 47.0 Å². The van der Waals surface area contributed by atoms with Crippen molar-refractivity contribution in [2.75, 3.05) is 26.2 Å².